The molecule has 0 radical (unpaired) electrons. The molecule has 0 saturated heterocycles. The number of rotatable bonds is 8. The van der Waals surface area contributed by atoms with Crippen LogP contribution in [0.1, 0.15) is 18.6 Å². The van der Waals surface area contributed by atoms with Gasteiger partial charge in [-0.15, -0.1) is 10.2 Å². The van der Waals surface area contributed by atoms with Crippen molar-refractivity contribution in [3.8, 4) is 0 Å². The van der Waals surface area contributed by atoms with Crippen LogP contribution in [-0.2, 0) is 18.3 Å². The number of aliphatic imine (C=N–C) groups is 1. The van der Waals surface area contributed by atoms with E-state index >= 15 is 0 Å². The van der Waals surface area contributed by atoms with E-state index in [0.717, 1.165) is 24.2 Å². The van der Waals surface area contributed by atoms with E-state index in [4.69, 9.17) is 4.74 Å². The maximum absolute atomic E-state index is 5.05. The first-order chi connectivity index (χ1) is 10.1. The molecule has 0 aliphatic heterocycles. The zero-order valence-electron chi connectivity index (χ0n) is 13.5. The minimum absolute atomic E-state index is 0.493. The van der Waals surface area contributed by atoms with Gasteiger partial charge in [-0.1, -0.05) is 6.92 Å². The topological polar surface area (TPSA) is 76.4 Å². The fourth-order valence-electron chi connectivity index (χ4n) is 1.51. The second-order valence-electron chi connectivity index (χ2n) is 4.73. The van der Waals surface area contributed by atoms with Crippen LogP contribution in [0.25, 0.3) is 0 Å². The van der Waals surface area contributed by atoms with Gasteiger partial charge >= 0.3 is 0 Å². The third-order valence-electron chi connectivity index (χ3n) is 3.12. The number of hydrogen-bond donors (Lipinski definition) is 2. The fourth-order valence-corrected chi connectivity index (χ4v) is 1.76. The van der Waals surface area contributed by atoms with E-state index in [9.17, 15) is 0 Å². The number of hydrogen-bond acceptors (Lipinski definition) is 5. The lowest BCUT2D eigenvalue weighted by molar-refractivity contribution is 0.203. The Hall–Kier alpha value is -1.28. The Kier molecular flexibility index (Phi) is 8.14. The first-order valence-electron chi connectivity index (χ1n) is 6.97. The van der Waals surface area contributed by atoms with Gasteiger partial charge in [0.2, 0.25) is 0 Å². The third kappa shape index (κ3) is 6.34. The smallest absolute Gasteiger partial charge is 0.191 e. The summed E-state index contributed by atoms with van der Waals surface area (Å²) in [6.45, 7) is 6.81. The number of nitrogens with zero attached hydrogens (tertiary/aromatic N) is 4. The van der Waals surface area contributed by atoms with E-state index in [1.165, 1.54) is 0 Å². The number of thioether (sulfide) groups is 1. The van der Waals surface area contributed by atoms with Crippen LogP contribution in [0.5, 0.6) is 0 Å². The van der Waals surface area contributed by atoms with Gasteiger partial charge in [0.05, 0.1) is 6.61 Å². The van der Waals surface area contributed by atoms with Crippen molar-refractivity contribution >= 4 is 17.7 Å². The molecule has 0 fully saturated rings. The quantitative estimate of drug-likeness (QED) is 0.415. The molecule has 1 atom stereocenters. The van der Waals surface area contributed by atoms with Gasteiger partial charge in [-0.05, 0) is 13.2 Å². The van der Waals surface area contributed by atoms with Gasteiger partial charge in [0.15, 0.2) is 11.8 Å². The number of guanidine groups is 1. The molecule has 0 spiro atoms. The van der Waals surface area contributed by atoms with E-state index in [2.05, 4.69) is 39.0 Å². The third-order valence-corrected chi connectivity index (χ3v) is 4.09. The first kappa shape index (κ1) is 17.8. The Labute approximate surface area is 131 Å². The van der Waals surface area contributed by atoms with Gasteiger partial charge < -0.3 is 19.9 Å². The van der Waals surface area contributed by atoms with Gasteiger partial charge in [0, 0.05) is 32.5 Å². The van der Waals surface area contributed by atoms with Crippen LogP contribution in [0.3, 0.4) is 0 Å². The summed E-state index contributed by atoms with van der Waals surface area (Å²) in [5, 5.41) is 15.3. The van der Waals surface area contributed by atoms with Crippen molar-refractivity contribution in [2.45, 2.75) is 25.6 Å². The summed E-state index contributed by atoms with van der Waals surface area (Å²) in [5.74, 6) is 2.50. The molecule has 2 N–H and O–H groups in total. The first-order valence-corrected chi connectivity index (χ1v) is 8.26. The van der Waals surface area contributed by atoms with E-state index in [0.29, 0.717) is 24.9 Å². The van der Waals surface area contributed by atoms with Gasteiger partial charge in [-0.3, -0.25) is 0 Å². The second-order valence-corrected chi connectivity index (χ2v) is 6.01. The van der Waals surface area contributed by atoms with Crippen molar-refractivity contribution in [1.29, 1.82) is 0 Å². The summed E-state index contributed by atoms with van der Waals surface area (Å²) in [7, 11) is 3.63. The van der Waals surface area contributed by atoms with E-state index in [1.807, 2.05) is 30.3 Å². The standard InChI is InChI=1S/C13H26N6OS/c1-10(21-5)8-15-13(14-6-7-20-4)16-9-12-18-17-11(2)19(12)3/h10H,6-9H2,1-5H3,(H2,14,15,16). The average Bonchev–Trinajstić information content (AvgIpc) is 2.80. The van der Waals surface area contributed by atoms with Gasteiger partial charge in [-0.25, -0.2) is 4.99 Å². The molecule has 8 heteroatoms. The van der Waals surface area contributed by atoms with Crippen LogP contribution >= 0.6 is 11.8 Å². The van der Waals surface area contributed by atoms with Crippen molar-refractivity contribution in [3.63, 3.8) is 0 Å². The van der Waals surface area contributed by atoms with Crippen molar-refractivity contribution in [1.82, 2.24) is 25.4 Å². The summed E-state index contributed by atoms with van der Waals surface area (Å²) < 4.78 is 6.99. The predicted molar refractivity (Wildman–Crippen MR) is 87.7 cm³/mol. The second kappa shape index (κ2) is 9.62. The minimum Gasteiger partial charge on any atom is -0.383 e. The summed E-state index contributed by atoms with van der Waals surface area (Å²) in [4.78, 5) is 4.55. The van der Waals surface area contributed by atoms with Crippen molar-refractivity contribution in [2.24, 2.45) is 12.0 Å². The molecule has 0 aliphatic rings. The molecule has 1 rings (SSSR count). The molecule has 21 heavy (non-hydrogen) atoms. The Morgan fingerprint density at radius 1 is 1.43 bits per heavy atom. The highest BCUT2D eigenvalue weighted by Gasteiger charge is 2.06. The molecule has 120 valence electrons. The number of nitrogens with one attached hydrogen (secondary N) is 2. The molecular weight excluding hydrogens is 288 g/mol. The molecule has 1 aromatic rings. The highest BCUT2D eigenvalue weighted by molar-refractivity contribution is 7.99. The van der Waals surface area contributed by atoms with Crippen LogP contribution in [0.15, 0.2) is 4.99 Å². The highest BCUT2D eigenvalue weighted by Crippen LogP contribution is 2.02. The monoisotopic (exact) mass is 314 g/mol. The van der Waals surface area contributed by atoms with Crippen LogP contribution in [0.2, 0.25) is 0 Å². The van der Waals surface area contributed by atoms with Crippen LogP contribution in [0.4, 0.5) is 0 Å². The van der Waals surface area contributed by atoms with Crippen molar-refractivity contribution in [2.75, 3.05) is 33.1 Å². The molecule has 1 heterocycles. The molecule has 0 saturated carbocycles. The van der Waals surface area contributed by atoms with Gasteiger partial charge in [-0.2, -0.15) is 11.8 Å². The summed E-state index contributed by atoms with van der Waals surface area (Å²) >= 11 is 1.82. The van der Waals surface area contributed by atoms with Crippen molar-refractivity contribution in [3.05, 3.63) is 11.6 Å². The predicted octanol–water partition coefficient (Wildman–Crippen LogP) is 0.557. The van der Waals surface area contributed by atoms with E-state index in [-0.39, 0.29) is 0 Å². The molecular formula is C13H26N6OS. The van der Waals surface area contributed by atoms with Crippen LogP contribution < -0.4 is 10.6 Å². The van der Waals surface area contributed by atoms with Crippen LogP contribution in [-0.4, -0.2) is 59.0 Å². The molecule has 1 aromatic heterocycles. The molecule has 0 aliphatic carbocycles. The summed E-state index contributed by atoms with van der Waals surface area (Å²) in [6.07, 6.45) is 2.10. The maximum atomic E-state index is 5.05. The summed E-state index contributed by atoms with van der Waals surface area (Å²) in [5.41, 5.74) is 0. The molecule has 0 amide bonds. The zero-order valence-corrected chi connectivity index (χ0v) is 14.3. The number of methoxy groups -OCH3 is 1. The van der Waals surface area contributed by atoms with E-state index in [1.54, 1.807) is 7.11 Å². The normalized spacial score (nSPS) is 13.3. The molecule has 0 bridgehead atoms. The maximum Gasteiger partial charge on any atom is 0.191 e. The highest BCUT2D eigenvalue weighted by atomic mass is 32.2. The lowest BCUT2D eigenvalue weighted by Crippen LogP contribution is -2.41. The van der Waals surface area contributed by atoms with Crippen molar-refractivity contribution < 1.29 is 4.74 Å². The molecule has 1 unspecified atom stereocenters. The number of aryl methyl sites for hydroxylation is 1. The molecule has 0 aromatic carbocycles. The lowest BCUT2D eigenvalue weighted by Gasteiger charge is -2.15. The minimum atomic E-state index is 0.493. The Balaban J connectivity index is 2.60. The zero-order chi connectivity index (χ0) is 15.7. The molecule has 7 nitrogen and oxygen atoms in total. The Morgan fingerprint density at radius 3 is 2.76 bits per heavy atom. The Morgan fingerprint density at radius 2 is 2.19 bits per heavy atom. The largest absolute Gasteiger partial charge is 0.383 e. The Bertz CT molecular complexity index is 448. The number of aromatic nitrogens is 3. The average molecular weight is 314 g/mol. The van der Waals surface area contributed by atoms with Crippen LogP contribution in [0, 0.1) is 6.92 Å². The van der Waals surface area contributed by atoms with E-state index < -0.39 is 0 Å². The van der Waals surface area contributed by atoms with Gasteiger partial charge in [0.25, 0.3) is 0 Å². The summed E-state index contributed by atoms with van der Waals surface area (Å²) in [6, 6.07) is 0. The number of ether oxygens (including phenoxy) is 1. The van der Waals surface area contributed by atoms with Gasteiger partial charge in [0.1, 0.15) is 12.4 Å². The lowest BCUT2D eigenvalue weighted by atomic mass is 10.5. The SMILES string of the molecule is COCCNC(=NCc1nnc(C)n1C)NCC(C)SC. The fraction of sp³-hybridized carbons (Fsp3) is 0.769.